The van der Waals surface area contributed by atoms with E-state index in [0.29, 0.717) is 56.1 Å². The number of halogens is 1. The molecule has 3 saturated carbocycles. The average molecular weight is 876 g/mol. The predicted molar refractivity (Wildman–Crippen MR) is 220 cm³/mol. The van der Waals surface area contributed by atoms with E-state index in [1.165, 1.54) is 29.6 Å². The molecular formula is C44H54FN7O9S. The number of rotatable bonds is 10. The zero-order chi connectivity index (χ0) is 43.6. The van der Waals surface area contributed by atoms with Crippen LogP contribution in [-0.4, -0.2) is 100 Å². The second-order valence-electron chi connectivity index (χ2n) is 17.8. The van der Waals surface area contributed by atoms with Crippen molar-refractivity contribution in [3.8, 4) is 0 Å². The van der Waals surface area contributed by atoms with E-state index in [9.17, 15) is 41.6 Å². The Hall–Kier alpha value is -5.26. The van der Waals surface area contributed by atoms with E-state index < -0.39 is 98.2 Å². The summed E-state index contributed by atoms with van der Waals surface area (Å²) in [6, 6.07) is 1.27. The molecule has 1 aromatic heterocycles. The molecule has 62 heavy (non-hydrogen) atoms. The lowest BCUT2D eigenvalue weighted by Gasteiger charge is -2.33. The summed E-state index contributed by atoms with van der Waals surface area (Å²) in [7, 11) is -3.96. The molecule has 18 heteroatoms. The van der Waals surface area contributed by atoms with Crippen LogP contribution in [0.5, 0.6) is 0 Å². The Balaban J connectivity index is 1.06. The van der Waals surface area contributed by atoms with Gasteiger partial charge in [-0.2, -0.15) is 0 Å². The number of ether oxygens (including phenoxy) is 1. The highest BCUT2D eigenvalue weighted by Crippen LogP contribution is 2.46. The molecule has 16 nitrogen and oxygen atoms in total. The Labute approximate surface area is 360 Å². The van der Waals surface area contributed by atoms with Crippen LogP contribution in [0.3, 0.4) is 0 Å². The first-order valence-electron chi connectivity index (χ1n) is 22.0. The van der Waals surface area contributed by atoms with Gasteiger partial charge in [-0.1, -0.05) is 56.4 Å². The molecule has 2 aromatic rings. The number of nitrogens with one attached hydrogen (secondary N) is 4. The number of benzene rings is 1. The number of carbonyl (C=O) groups is 6. The average Bonchev–Trinajstić information content (AvgIpc) is 4.15. The van der Waals surface area contributed by atoms with Gasteiger partial charge in [0, 0.05) is 24.7 Å². The topological polar surface area (TPSA) is 223 Å². The Kier molecular flexibility index (Phi) is 12.8. The van der Waals surface area contributed by atoms with Gasteiger partial charge in [0.2, 0.25) is 27.7 Å². The molecule has 7 atom stereocenters. The molecule has 1 aromatic carbocycles. The van der Waals surface area contributed by atoms with Crippen LogP contribution >= 0.6 is 0 Å². The van der Waals surface area contributed by atoms with Crippen molar-refractivity contribution >= 4 is 45.5 Å². The van der Waals surface area contributed by atoms with Crippen molar-refractivity contribution in [2.75, 3.05) is 6.54 Å². The number of hydrogen-bond donors (Lipinski definition) is 4. The number of nitrogens with zero attached hydrogens (tertiary/aromatic N) is 3. The fourth-order valence-electron chi connectivity index (χ4n) is 9.64. The number of sulfonamides is 1. The van der Waals surface area contributed by atoms with Gasteiger partial charge in [0.25, 0.3) is 11.8 Å². The fourth-order valence-corrected chi connectivity index (χ4v) is 11.0. The summed E-state index contributed by atoms with van der Waals surface area (Å²) in [6.45, 7) is -0.211. The lowest BCUT2D eigenvalue weighted by Crippen LogP contribution is -2.60. The van der Waals surface area contributed by atoms with E-state index in [2.05, 4.69) is 30.6 Å². The molecule has 8 rings (SSSR count). The first-order valence-corrected chi connectivity index (χ1v) is 23.6. The van der Waals surface area contributed by atoms with Gasteiger partial charge in [-0.15, -0.1) is 0 Å². The molecule has 4 aliphatic carbocycles. The van der Waals surface area contributed by atoms with E-state index in [1.807, 2.05) is 12.2 Å². The van der Waals surface area contributed by atoms with E-state index in [1.54, 1.807) is 12.1 Å². The molecule has 3 heterocycles. The standard InChI is InChI=1S/C44H54FN7O9S/c45-33-14-9-12-27-20-28(21-32(27)33)42(57)61-30-22-36-39(54)50-44(43(58)51-62(59,60)31-16-17-31)23-29(44)13-7-2-1-3-8-15-34(41(56)52(36)25-30)48-40(55)37(26-10-5-4-6-11-26)49-38(53)35-24-46-18-19-47-35/h7,9,12-14,18-19,24,26,28-31,34,36-37H,1-6,8,10-11,15-17,20-23,25H2,(H,48,55)(H,49,53)(H,50,54)(H,51,58)/b13-7-/t28?,29?,30-,34+,36?,37+,44-/m1/s1. The molecule has 3 unspecified atom stereocenters. The minimum absolute atomic E-state index is 0.0350. The number of hydrogen-bond acceptors (Lipinski definition) is 11. The van der Waals surface area contributed by atoms with Crippen molar-refractivity contribution in [2.24, 2.45) is 17.8 Å². The number of allylic oxidation sites excluding steroid dienone is 1. The van der Waals surface area contributed by atoms with Crippen molar-refractivity contribution in [3.05, 3.63) is 71.6 Å². The Morgan fingerprint density at radius 1 is 0.968 bits per heavy atom. The Bertz CT molecular complexity index is 2220. The molecule has 6 aliphatic rings. The highest BCUT2D eigenvalue weighted by Gasteiger charge is 2.62. The number of carbonyl (C=O) groups excluding carboxylic acids is 6. The third-order valence-electron chi connectivity index (χ3n) is 13.4. The quantitative estimate of drug-likeness (QED) is 0.201. The summed E-state index contributed by atoms with van der Waals surface area (Å²) in [5.74, 6) is -5.74. The van der Waals surface area contributed by atoms with Gasteiger partial charge >= 0.3 is 5.97 Å². The molecule has 332 valence electrons. The highest BCUT2D eigenvalue weighted by atomic mass is 32.2. The molecule has 5 amide bonds. The maximum atomic E-state index is 14.9. The molecule has 0 bridgehead atoms. The van der Waals surface area contributed by atoms with Crippen molar-refractivity contribution in [3.63, 3.8) is 0 Å². The first-order chi connectivity index (χ1) is 29.8. The van der Waals surface area contributed by atoms with Gasteiger partial charge in [0.15, 0.2) is 0 Å². The molecule has 4 fully saturated rings. The van der Waals surface area contributed by atoms with Gasteiger partial charge in [0.1, 0.15) is 41.3 Å². The fraction of sp³-hybridized carbons (Fsp3) is 0.591. The van der Waals surface area contributed by atoms with E-state index in [4.69, 9.17) is 4.74 Å². The van der Waals surface area contributed by atoms with Gasteiger partial charge in [0.05, 0.1) is 23.9 Å². The van der Waals surface area contributed by atoms with Crippen LogP contribution in [0.1, 0.15) is 112 Å². The molecule has 4 N–H and O–H groups in total. The molecule has 2 aliphatic heterocycles. The third kappa shape index (κ3) is 9.54. The van der Waals surface area contributed by atoms with E-state index >= 15 is 0 Å². The minimum atomic E-state index is -3.96. The summed E-state index contributed by atoms with van der Waals surface area (Å²) >= 11 is 0. The SMILES string of the molecule is O=C(N[C@H](C(=O)N[C@H]1CCCCC/C=C\C2C[C@@]2(C(=O)NS(=O)(=O)C2CC2)NC(=O)C2C[C@@H](OC(=O)C3Cc4cccc(F)c4C3)CN2C1=O)C1CCCCC1)c1cnccn1. The van der Waals surface area contributed by atoms with E-state index in [-0.39, 0.29) is 50.3 Å². The summed E-state index contributed by atoms with van der Waals surface area (Å²) in [4.78, 5) is 94.0. The van der Waals surface area contributed by atoms with Crippen LogP contribution in [0.2, 0.25) is 0 Å². The van der Waals surface area contributed by atoms with Crippen LogP contribution in [-0.2, 0) is 51.6 Å². The number of amides is 5. The second-order valence-corrected chi connectivity index (χ2v) is 19.8. The van der Waals surface area contributed by atoms with Crippen LogP contribution in [0.15, 0.2) is 48.9 Å². The zero-order valence-corrected chi connectivity index (χ0v) is 35.4. The van der Waals surface area contributed by atoms with Crippen LogP contribution in [0.4, 0.5) is 4.39 Å². The smallest absolute Gasteiger partial charge is 0.309 e. The van der Waals surface area contributed by atoms with Gasteiger partial charge in [-0.3, -0.25) is 38.5 Å². The van der Waals surface area contributed by atoms with Crippen LogP contribution in [0, 0.1) is 23.6 Å². The molecule has 1 saturated heterocycles. The summed E-state index contributed by atoms with van der Waals surface area (Å²) in [5.41, 5.74) is -0.408. The first kappa shape index (κ1) is 43.4. The molecule has 0 spiro atoms. The predicted octanol–water partition coefficient (Wildman–Crippen LogP) is 2.71. The van der Waals surface area contributed by atoms with Crippen LogP contribution < -0.4 is 20.7 Å². The number of fused-ring (bicyclic) bond motifs is 3. The van der Waals surface area contributed by atoms with Crippen molar-refractivity contribution in [2.45, 2.75) is 138 Å². The maximum absolute atomic E-state index is 14.9. The molecular weight excluding hydrogens is 822 g/mol. The number of esters is 1. The molecule has 0 radical (unpaired) electrons. The second kappa shape index (κ2) is 18.2. The zero-order valence-electron chi connectivity index (χ0n) is 34.6. The van der Waals surface area contributed by atoms with Gasteiger partial charge in [-0.25, -0.2) is 17.8 Å². The van der Waals surface area contributed by atoms with Gasteiger partial charge in [-0.05, 0) is 87.3 Å². The van der Waals surface area contributed by atoms with Crippen molar-refractivity contribution in [1.29, 1.82) is 0 Å². The highest BCUT2D eigenvalue weighted by molar-refractivity contribution is 7.91. The van der Waals surface area contributed by atoms with Crippen LogP contribution in [0.25, 0.3) is 0 Å². The van der Waals surface area contributed by atoms with Gasteiger partial charge < -0.3 is 25.6 Å². The minimum Gasteiger partial charge on any atom is -0.460 e. The lowest BCUT2D eigenvalue weighted by molar-refractivity contribution is -0.153. The van der Waals surface area contributed by atoms with Crippen molar-refractivity contribution in [1.82, 2.24) is 35.5 Å². The Morgan fingerprint density at radius 2 is 1.74 bits per heavy atom. The number of aromatic nitrogens is 2. The maximum Gasteiger partial charge on any atom is 0.309 e. The largest absolute Gasteiger partial charge is 0.460 e. The van der Waals surface area contributed by atoms with Crippen molar-refractivity contribution < 1.29 is 46.3 Å². The summed E-state index contributed by atoms with van der Waals surface area (Å²) < 4.78 is 48.6. The summed E-state index contributed by atoms with van der Waals surface area (Å²) in [6.07, 6.45) is 15.0. The third-order valence-corrected chi connectivity index (χ3v) is 15.2. The Morgan fingerprint density at radius 3 is 2.48 bits per heavy atom. The lowest BCUT2D eigenvalue weighted by atomic mass is 9.83. The monoisotopic (exact) mass is 875 g/mol. The summed E-state index contributed by atoms with van der Waals surface area (Å²) in [5, 5.41) is 7.94. The van der Waals surface area contributed by atoms with E-state index in [0.717, 1.165) is 25.7 Å². The normalized spacial score (nSPS) is 29.0.